The topological polar surface area (TPSA) is 75.1 Å². The fourth-order valence-corrected chi connectivity index (χ4v) is 3.68. The molecule has 1 aliphatic rings. The van der Waals surface area contributed by atoms with E-state index in [-0.39, 0.29) is 24.0 Å². The number of aliphatic hydroxyl groups is 1. The van der Waals surface area contributed by atoms with Gasteiger partial charge < -0.3 is 10.4 Å². The third-order valence-electron chi connectivity index (χ3n) is 5.27. The third kappa shape index (κ3) is 4.14. The predicted molar refractivity (Wildman–Crippen MR) is 104 cm³/mol. The molecule has 1 aliphatic carbocycles. The van der Waals surface area contributed by atoms with E-state index in [2.05, 4.69) is 21.4 Å². The van der Waals surface area contributed by atoms with E-state index >= 15 is 0 Å². The number of aliphatic hydroxyl groups excluding tert-OH is 1. The van der Waals surface area contributed by atoms with Gasteiger partial charge in [0.05, 0.1) is 17.7 Å². The normalized spacial score (nSPS) is 20.0. The van der Waals surface area contributed by atoms with Crippen LogP contribution in [0.15, 0.2) is 61.1 Å². The fraction of sp³-hybridized carbons (Fsp3) is 0.318. The number of nitrogens with one attached hydrogen (secondary N) is 1. The van der Waals surface area contributed by atoms with Crippen molar-refractivity contribution < 1.29 is 9.90 Å². The molecule has 0 aliphatic heterocycles. The highest BCUT2D eigenvalue weighted by Gasteiger charge is 2.35. The largest absolute Gasteiger partial charge is 0.393 e. The van der Waals surface area contributed by atoms with Gasteiger partial charge in [0.2, 0.25) is 5.91 Å². The van der Waals surface area contributed by atoms with Crippen LogP contribution in [0.5, 0.6) is 0 Å². The first kappa shape index (κ1) is 17.6. The first-order chi connectivity index (χ1) is 13.2. The lowest BCUT2D eigenvalue weighted by Gasteiger charge is -2.38. The smallest absolute Gasteiger partial charge is 0.220 e. The quantitative estimate of drug-likeness (QED) is 0.707. The van der Waals surface area contributed by atoms with Gasteiger partial charge in [-0.25, -0.2) is 0 Å². The van der Waals surface area contributed by atoms with Crippen molar-refractivity contribution in [3.05, 3.63) is 72.2 Å². The van der Waals surface area contributed by atoms with Crippen LogP contribution in [0.1, 0.15) is 36.4 Å². The second-order valence-corrected chi connectivity index (χ2v) is 7.25. The molecule has 3 aromatic rings. The van der Waals surface area contributed by atoms with Gasteiger partial charge in [-0.3, -0.25) is 14.8 Å². The molecule has 2 heterocycles. The molecule has 0 radical (unpaired) electrons. The maximum atomic E-state index is 12.6. The van der Waals surface area contributed by atoms with Gasteiger partial charge in [-0.2, -0.15) is 0 Å². The number of carbonyl (C=O) groups is 1. The maximum absolute atomic E-state index is 12.6. The molecule has 5 heteroatoms. The van der Waals surface area contributed by atoms with Crippen LogP contribution in [0.2, 0.25) is 0 Å². The van der Waals surface area contributed by atoms with Gasteiger partial charge in [-0.1, -0.05) is 24.3 Å². The van der Waals surface area contributed by atoms with Gasteiger partial charge in [0.15, 0.2) is 0 Å². The molecule has 0 saturated heterocycles. The van der Waals surface area contributed by atoms with Gasteiger partial charge >= 0.3 is 0 Å². The summed E-state index contributed by atoms with van der Waals surface area (Å²) >= 11 is 0. The third-order valence-corrected chi connectivity index (χ3v) is 5.27. The highest BCUT2D eigenvalue weighted by molar-refractivity contribution is 5.80. The lowest BCUT2D eigenvalue weighted by atomic mass is 9.75. The lowest BCUT2D eigenvalue weighted by molar-refractivity contribution is -0.123. The Morgan fingerprint density at radius 3 is 2.81 bits per heavy atom. The van der Waals surface area contributed by atoms with Crippen LogP contribution in [0.4, 0.5) is 0 Å². The van der Waals surface area contributed by atoms with Gasteiger partial charge in [0.1, 0.15) is 0 Å². The molecule has 0 bridgehead atoms. The van der Waals surface area contributed by atoms with Crippen LogP contribution in [0, 0.1) is 5.92 Å². The van der Waals surface area contributed by atoms with Crippen molar-refractivity contribution in [3.63, 3.8) is 0 Å². The van der Waals surface area contributed by atoms with Crippen molar-refractivity contribution in [1.82, 2.24) is 15.3 Å². The van der Waals surface area contributed by atoms with Gasteiger partial charge in [0, 0.05) is 30.4 Å². The second-order valence-electron chi connectivity index (χ2n) is 7.25. The molecule has 27 heavy (non-hydrogen) atoms. The molecule has 1 aromatic carbocycles. The Morgan fingerprint density at radius 1 is 1.19 bits per heavy atom. The van der Waals surface area contributed by atoms with E-state index in [0.717, 1.165) is 22.0 Å². The highest BCUT2D eigenvalue weighted by Crippen LogP contribution is 2.38. The van der Waals surface area contributed by atoms with Crippen LogP contribution in [0.25, 0.3) is 10.9 Å². The zero-order valence-electron chi connectivity index (χ0n) is 15.1. The second kappa shape index (κ2) is 7.84. The van der Waals surface area contributed by atoms with Gasteiger partial charge in [0.25, 0.3) is 0 Å². The molecular formula is C22H23N3O2. The molecule has 2 N–H and O–H groups in total. The SMILES string of the molecule is O=C(CCc1cccnc1)N[C@@H](c1cnc2ccccc2c1)C1CC(O)C1. The number of aromatic nitrogens is 2. The standard InChI is InChI=1S/C22H23N3O2/c26-19-11-17(12-19)22(18-10-16-5-1-2-6-20(16)24-14-18)25-21(27)8-7-15-4-3-9-23-13-15/h1-6,9-10,13-14,17,19,22,26H,7-8,11-12H2,(H,25,27)/t17?,19?,22-/m1/s1. The number of fused-ring (bicyclic) bond motifs is 1. The molecule has 1 saturated carbocycles. The monoisotopic (exact) mass is 361 g/mol. The van der Waals surface area contributed by atoms with E-state index in [1.807, 2.05) is 42.6 Å². The lowest BCUT2D eigenvalue weighted by Crippen LogP contribution is -2.41. The molecule has 1 atom stereocenters. The van der Waals surface area contributed by atoms with Crippen molar-refractivity contribution in [2.45, 2.75) is 37.8 Å². The molecular weight excluding hydrogens is 338 g/mol. The molecule has 1 fully saturated rings. The summed E-state index contributed by atoms with van der Waals surface area (Å²) in [5.41, 5.74) is 2.99. The first-order valence-corrected chi connectivity index (χ1v) is 9.40. The van der Waals surface area contributed by atoms with Gasteiger partial charge in [-0.05, 0) is 54.5 Å². The van der Waals surface area contributed by atoms with Crippen molar-refractivity contribution in [1.29, 1.82) is 0 Å². The summed E-state index contributed by atoms with van der Waals surface area (Å²) in [6, 6.07) is 13.8. The summed E-state index contributed by atoms with van der Waals surface area (Å²) in [4.78, 5) is 21.2. The maximum Gasteiger partial charge on any atom is 0.220 e. The van der Waals surface area contributed by atoms with Crippen LogP contribution < -0.4 is 5.32 Å². The summed E-state index contributed by atoms with van der Waals surface area (Å²) in [6.07, 6.45) is 7.60. The van der Waals surface area contributed by atoms with Crippen molar-refractivity contribution in [2.24, 2.45) is 5.92 Å². The van der Waals surface area contributed by atoms with Crippen LogP contribution in [-0.2, 0) is 11.2 Å². The van der Waals surface area contributed by atoms with Crippen molar-refractivity contribution in [3.8, 4) is 0 Å². The minimum absolute atomic E-state index is 0.0124. The zero-order valence-corrected chi connectivity index (χ0v) is 15.1. The summed E-state index contributed by atoms with van der Waals surface area (Å²) in [6.45, 7) is 0. The summed E-state index contributed by atoms with van der Waals surface area (Å²) in [5, 5.41) is 14.0. The zero-order chi connectivity index (χ0) is 18.6. The predicted octanol–water partition coefficient (Wildman–Crippen LogP) is 3.19. The molecule has 1 amide bonds. The van der Waals surface area contributed by atoms with E-state index in [0.29, 0.717) is 25.7 Å². The molecule has 138 valence electrons. The number of benzene rings is 1. The number of pyridine rings is 2. The summed E-state index contributed by atoms with van der Waals surface area (Å²) in [7, 11) is 0. The Balaban J connectivity index is 1.49. The first-order valence-electron chi connectivity index (χ1n) is 9.40. The van der Waals surface area contributed by atoms with Crippen molar-refractivity contribution >= 4 is 16.8 Å². The average molecular weight is 361 g/mol. The van der Waals surface area contributed by atoms with Gasteiger partial charge in [-0.15, -0.1) is 0 Å². The number of aryl methyl sites for hydroxylation is 1. The number of amides is 1. The van der Waals surface area contributed by atoms with Crippen LogP contribution in [-0.4, -0.2) is 27.1 Å². The van der Waals surface area contributed by atoms with Crippen LogP contribution >= 0.6 is 0 Å². The minimum Gasteiger partial charge on any atom is -0.393 e. The van der Waals surface area contributed by atoms with Crippen molar-refractivity contribution in [2.75, 3.05) is 0 Å². The van der Waals surface area contributed by atoms with Crippen LogP contribution in [0.3, 0.4) is 0 Å². The number of rotatable bonds is 6. The van der Waals surface area contributed by atoms with E-state index in [9.17, 15) is 9.90 Å². The summed E-state index contributed by atoms with van der Waals surface area (Å²) in [5.74, 6) is 0.253. The molecule has 0 unspecified atom stereocenters. The van der Waals surface area contributed by atoms with E-state index < -0.39 is 0 Å². The number of carbonyl (C=O) groups excluding carboxylic acids is 1. The number of para-hydroxylation sites is 1. The molecule has 4 rings (SSSR count). The van der Waals surface area contributed by atoms with E-state index in [1.165, 1.54) is 0 Å². The Labute approximate surface area is 158 Å². The molecule has 0 spiro atoms. The molecule has 2 aromatic heterocycles. The Kier molecular flexibility index (Phi) is 5.12. The number of nitrogens with zero attached hydrogens (tertiary/aromatic N) is 2. The minimum atomic E-state index is -0.266. The van der Waals surface area contributed by atoms with E-state index in [1.54, 1.807) is 12.4 Å². The Morgan fingerprint density at radius 2 is 2.04 bits per heavy atom. The fourth-order valence-electron chi connectivity index (χ4n) is 3.68. The van der Waals surface area contributed by atoms with E-state index in [4.69, 9.17) is 0 Å². The average Bonchev–Trinajstić information content (AvgIpc) is 2.69. The Bertz CT molecular complexity index is 923. The molecule has 5 nitrogen and oxygen atoms in total. The Hall–Kier alpha value is -2.79. The highest BCUT2D eigenvalue weighted by atomic mass is 16.3. The number of hydrogen-bond acceptors (Lipinski definition) is 4. The number of hydrogen-bond donors (Lipinski definition) is 2. The summed E-state index contributed by atoms with van der Waals surface area (Å²) < 4.78 is 0.